The molecule has 2 aliphatic rings. The summed E-state index contributed by atoms with van der Waals surface area (Å²) in [7, 11) is 0. The molecule has 5 rings (SSSR count). The fourth-order valence-corrected chi connectivity index (χ4v) is 5.01. The number of piperidine rings is 1. The molecule has 3 amide bonds. The van der Waals surface area contributed by atoms with Gasteiger partial charge in [0.2, 0.25) is 12.3 Å². The van der Waals surface area contributed by atoms with Crippen molar-refractivity contribution < 1.29 is 19.5 Å². The molecule has 0 radical (unpaired) electrons. The first kappa shape index (κ1) is 26.2. The molecule has 1 unspecified atom stereocenters. The van der Waals surface area contributed by atoms with Crippen LogP contribution in [0.2, 0.25) is 0 Å². The Morgan fingerprint density at radius 3 is 1.90 bits per heavy atom. The number of hydrogen-bond acceptors (Lipinski definition) is 6. The van der Waals surface area contributed by atoms with Crippen molar-refractivity contribution in [2.75, 3.05) is 40.5 Å². The maximum atomic E-state index is 12.7. The van der Waals surface area contributed by atoms with Crippen LogP contribution in [0.15, 0.2) is 72.8 Å². The van der Waals surface area contributed by atoms with Crippen molar-refractivity contribution in [3.8, 4) is 0 Å². The minimum Gasteiger partial charge on any atom is -0.393 e. The van der Waals surface area contributed by atoms with Gasteiger partial charge < -0.3 is 30.9 Å². The normalized spacial score (nSPS) is 17.5. The number of amides is 3. The summed E-state index contributed by atoms with van der Waals surface area (Å²) in [6, 6.07) is 21.9. The van der Waals surface area contributed by atoms with Gasteiger partial charge in [0, 0.05) is 53.6 Å². The molecule has 4 N–H and O–H groups in total. The van der Waals surface area contributed by atoms with Crippen molar-refractivity contribution in [1.29, 1.82) is 0 Å². The van der Waals surface area contributed by atoms with E-state index in [-0.39, 0.29) is 17.9 Å². The Labute approximate surface area is 227 Å². The number of benzene rings is 3. The van der Waals surface area contributed by atoms with Gasteiger partial charge in [-0.15, -0.1) is 0 Å². The number of rotatable bonds is 8. The minimum atomic E-state index is -0.408. The third kappa shape index (κ3) is 6.56. The molecule has 9 nitrogen and oxygen atoms in total. The van der Waals surface area contributed by atoms with E-state index in [1.807, 2.05) is 72.8 Å². The van der Waals surface area contributed by atoms with Crippen molar-refractivity contribution in [1.82, 2.24) is 4.90 Å². The van der Waals surface area contributed by atoms with E-state index in [9.17, 15) is 19.5 Å². The maximum absolute atomic E-state index is 12.7. The molecule has 2 fully saturated rings. The van der Waals surface area contributed by atoms with Gasteiger partial charge in [-0.3, -0.25) is 14.4 Å². The Balaban J connectivity index is 1.12. The van der Waals surface area contributed by atoms with E-state index in [1.165, 1.54) is 4.90 Å². The van der Waals surface area contributed by atoms with Crippen molar-refractivity contribution >= 4 is 46.7 Å². The summed E-state index contributed by atoms with van der Waals surface area (Å²) in [5, 5.41) is 18.8. The molecule has 0 aliphatic carbocycles. The lowest BCUT2D eigenvalue weighted by Crippen LogP contribution is -2.38. The van der Waals surface area contributed by atoms with Gasteiger partial charge in [0.15, 0.2) is 0 Å². The highest BCUT2D eigenvalue weighted by molar-refractivity contribution is 6.04. The third-order valence-electron chi connectivity index (χ3n) is 7.28. The zero-order valence-electron chi connectivity index (χ0n) is 21.7. The van der Waals surface area contributed by atoms with Crippen LogP contribution in [0, 0.1) is 0 Å². The monoisotopic (exact) mass is 527 g/mol. The summed E-state index contributed by atoms with van der Waals surface area (Å²) in [5.74, 6) is -0.348. The van der Waals surface area contributed by atoms with Gasteiger partial charge in [-0.1, -0.05) is 0 Å². The quantitative estimate of drug-likeness (QED) is 0.327. The number of hydrogen-bond donors (Lipinski definition) is 4. The predicted molar refractivity (Wildman–Crippen MR) is 152 cm³/mol. The lowest BCUT2D eigenvalue weighted by atomic mass is 10.1. The molecule has 1 atom stereocenters. The van der Waals surface area contributed by atoms with Gasteiger partial charge >= 0.3 is 0 Å². The zero-order valence-corrected chi connectivity index (χ0v) is 21.7. The first-order chi connectivity index (χ1) is 19.0. The Morgan fingerprint density at radius 2 is 1.31 bits per heavy atom. The molecule has 0 saturated carbocycles. The molecule has 2 aliphatic heterocycles. The van der Waals surface area contributed by atoms with Crippen LogP contribution in [-0.2, 0) is 9.59 Å². The highest BCUT2D eigenvalue weighted by Gasteiger charge is 2.29. The number of likely N-dealkylation sites (tertiary alicyclic amines) is 1. The lowest BCUT2D eigenvalue weighted by Gasteiger charge is -2.31. The van der Waals surface area contributed by atoms with E-state index in [0.717, 1.165) is 55.8 Å². The number of nitrogens with one attached hydrogen (secondary N) is 3. The molecule has 0 bridgehead atoms. The van der Waals surface area contributed by atoms with Crippen molar-refractivity contribution in [3.05, 3.63) is 78.4 Å². The summed E-state index contributed by atoms with van der Waals surface area (Å²) in [6.45, 7) is 2.25. The van der Waals surface area contributed by atoms with Crippen LogP contribution in [-0.4, -0.2) is 60.0 Å². The number of carbonyl (C=O) groups excluding carboxylic acids is 3. The molecular weight excluding hydrogens is 494 g/mol. The molecule has 3 aromatic rings. The molecule has 2 heterocycles. The minimum absolute atomic E-state index is 0.170. The largest absolute Gasteiger partial charge is 0.393 e. The van der Waals surface area contributed by atoms with E-state index in [2.05, 4.69) is 20.9 Å². The molecular formula is C30H33N5O4. The Morgan fingerprint density at radius 1 is 0.744 bits per heavy atom. The Kier molecular flexibility index (Phi) is 8.07. The van der Waals surface area contributed by atoms with E-state index >= 15 is 0 Å². The fourth-order valence-electron chi connectivity index (χ4n) is 5.01. The number of aliphatic hydroxyl groups is 1. The summed E-state index contributed by atoms with van der Waals surface area (Å²) < 4.78 is 0. The molecule has 0 spiro atoms. The van der Waals surface area contributed by atoms with Crippen LogP contribution in [0.1, 0.15) is 36.0 Å². The third-order valence-corrected chi connectivity index (χ3v) is 7.28. The molecule has 3 aromatic carbocycles. The zero-order chi connectivity index (χ0) is 27.2. The average molecular weight is 528 g/mol. The number of anilines is 5. The van der Waals surface area contributed by atoms with Crippen molar-refractivity contribution in [2.24, 2.45) is 0 Å². The molecule has 2 saturated heterocycles. The van der Waals surface area contributed by atoms with E-state index in [0.29, 0.717) is 29.9 Å². The number of aliphatic hydroxyl groups excluding tert-OH is 1. The standard InChI is InChI=1S/C30H33N5O4/c36-20-35-17-1-2-28(35)30(39)33-25-11-7-23(8-12-25)31-22-5-9-24(10-6-22)32-29(38)21-3-13-26(14-4-21)34-18-15-27(37)16-19-34/h3-14,20,27-28,31,37H,1-2,15-19H2,(H,32,38)(H,33,39). The second-order valence-electron chi connectivity index (χ2n) is 9.99. The fraction of sp³-hybridized carbons (Fsp3) is 0.300. The van der Waals surface area contributed by atoms with Gasteiger partial charge in [-0.05, 0) is 98.5 Å². The highest BCUT2D eigenvalue weighted by atomic mass is 16.3. The topological polar surface area (TPSA) is 114 Å². The van der Waals surface area contributed by atoms with Crippen LogP contribution >= 0.6 is 0 Å². The van der Waals surface area contributed by atoms with Crippen LogP contribution in [0.3, 0.4) is 0 Å². The van der Waals surface area contributed by atoms with E-state index < -0.39 is 6.04 Å². The second kappa shape index (κ2) is 12.0. The van der Waals surface area contributed by atoms with Crippen LogP contribution in [0.5, 0.6) is 0 Å². The Bertz CT molecular complexity index is 1290. The van der Waals surface area contributed by atoms with E-state index in [4.69, 9.17) is 0 Å². The molecule has 0 aromatic heterocycles. The SMILES string of the molecule is O=CN1CCCC1C(=O)Nc1ccc(Nc2ccc(NC(=O)c3ccc(N4CCC(O)CC4)cc3)cc2)cc1. The maximum Gasteiger partial charge on any atom is 0.255 e. The second-order valence-corrected chi connectivity index (χ2v) is 9.99. The van der Waals surface area contributed by atoms with Crippen LogP contribution < -0.4 is 20.9 Å². The van der Waals surface area contributed by atoms with Gasteiger partial charge in [0.1, 0.15) is 6.04 Å². The first-order valence-electron chi connectivity index (χ1n) is 13.3. The van der Waals surface area contributed by atoms with Gasteiger partial charge in [0.25, 0.3) is 5.91 Å². The van der Waals surface area contributed by atoms with Crippen LogP contribution in [0.25, 0.3) is 0 Å². The molecule has 39 heavy (non-hydrogen) atoms. The van der Waals surface area contributed by atoms with Crippen molar-refractivity contribution in [3.63, 3.8) is 0 Å². The summed E-state index contributed by atoms with van der Waals surface area (Å²) in [6.07, 6.45) is 3.56. The molecule has 202 valence electrons. The number of carbonyl (C=O) groups is 3. The lowest BCUT2D eigenvalue weighted by molar-refractivity contribution is -0.127. The van der Waals surface area contributed by atoms with Crippen LogP contribution in [0.4, 0.5) is 28.4 Å². The highest BCUT2D eigenvalue weighted by Crippen LogP contribution is 2.24. The van der Waals surface area contributed by atoms with Gasteiger partial charge in [0.05, 0.1) is 6.10 Å². The Hall–Kier alpha value is -4.37. The van der Waals surface area contributed by atoms with Gasteiger partial charge in [-0.25, -0.2) is 0 Å². The van der Waals surface area contributed by atoms with Crippen molar-refractivity contribution in [2.45, 2.75) is 37.8 Å². The molecule has 9 heteroatoms. The summed E-state index contributed by atoms with van der Waals surface area (Å²) >= 11 is 0. The summed E-state index contributed by atoms with van der Waals surface area (Å²) in [5.41, 5.74) is 4.70. The van der Waals surface area contributed by atoms with E-state index in [1.54, 1.807) is 0 Å². The smallest absolute Gasteiger partial charge is 0.255 e. The average Bonchev–Trinajstić information content (AvgIpc) is 3.45. The first-order valence-corrected chi connectivity index (χ1v) is 13.3. The summed E-state index contributed by atoms with van der Waals surface area (Å²) in [4.78, 5) is 40.1. The van der Waals surface area contributed by atoms with Gasteiger partial charge in [-0.2, -0.15) is 0 Å². The predicted octanol–water partition coefficient (Wildman–Crippen LogP) is 4.20. The number of nitrogens with zero attached hydrogens (tertiary/aromatic N) is 2.